The van der Waals surface area contributed by atoms with Crippen molar-refractivity contribution in [3.8, 4) is 0 Å². The summed E-state index contributed by atoms with van der Waals surface area (Å²) < 4.78 is 0. The van der Waals surface area contributed by atoms with Gasteiger partial charge >= 0.3 is 0 Å². The van der Waals surface area contributed by atoms with Gasteiger partial charge in [-0.1, -0.05) is 83.2 Å². The first-order valence-corrected chi connectivity index (χ1v) is 9.09. The summed E-state index contributed by atoms with van der Waals surface area (Å²) in [6.45, 7) is 8.87. The van der Waals surface area contributed by atoms with Crippen LogP contribution in [0.25, 0.3) is 0 Å². The van der Waals surface area contributed by atoms with E-state index in [9.17, 15) is 0 Å². The van der Waals surface area contributed by atoms with Crippen molar-refractivity contribution in [3.05, 3.63) is 0 Å². The van der Waals surface area contributed by atoms with Crippen LogP contribution in [0.1, 0.15) is 72.1 Å². The Balaban J connectivity index is 1.57. The Morgan fingerprint density at radius 3 is 1.95 bits per heavy atom. The van der Waals surface area contributed by atoms with Crippen LogP contribution in [0.3, 0.4) is 0 Å². The minimum atomic E-state index is 0.680. The Kier molecular flexibility index (Phi) is 2.88. The molecule has 5 fully saturated rings. The highest BCUT2D eigenvalue weighted by Crippen LogP contribution is 2.67. The van der Waals surface area contributed by atoms with E-state index in [1.165, 1.54) is 0 Å². The Bertz CT molecular complexity index is 339. The van der Waals surface area contributed by atoms with Gasteiger partial charge in [0.05, 0.1) is 0 Å². The summed E-state index contributed by atoms with van der Waals surface area (Å²) in [5, 5.41) is 0. The topological polar surface area (TPSA) is 0 Å². The molecule has 0 radical (unpaired) electrons. The summed E-state index contributed by atoms with van der Waals surface area (Å²) >= 11 is 0. The first kappa shape index (κ1) is 12.8. The van der Waals surface area contributed by atoms with Gasteiger partial charge in [0.15, 0.2) is 0 Å². The largest absolute Gasteiger partial charge is 0.149 e. The fraction of sp³-hybridized carbons (Fsp3) is 1.00. The average molecular weight is 258 g/mol. The summed E-state index contributed by atoms with van der Waals surface area (Å²) in [5.74, 6) is 6.50. The molecule has 0 amide bonds. The molecule has 5 rings (SSSR count). The molecule has 106 valence electrons. The third-order valence-corrected chi connectivity index (χ3v) is 8.30. The van der Waals surface area contributed by atoms with E-state index < -0.39 is 0 Å². The second-order valence-electron chi connectivity index (χ2n) is 9.08. The standard InChI is InChI=1S/C18H31B/c1-12-16-10-13(18(16,2)3)11-17(12)19-14-6-4-7-15(19)9-5-8-14/h12-17H,4-11H2,1-3H3/t12?,13?,14?,15?,16-,17?/m0/s1. The highest BCUT2D eigenvalue weighted by molar-refractivity contribution is 6.64. The molecule has 19 heavy (non-hydrogen) atoms. The lowest BCUT2D eigenvalue weighted by atomic mass is 9.18. The van der Waals surface area contributed by atoms with Crippen molar-refractivity contribution in [1.82, 2.24) is 0 Å². The van der Waals surface area contributed by atoms with Crippen molar-refractivity contribution in [2.75, 3.05) is 0 Å². The van der Waals surface area contributed by atoms with Gasteiger partial charge in [0.2, 0.25) is 0 Å². The second kappa shape index (κ2) is 4.28. The fourth-order valence-corrected chi connectivity index (χ4v) is 7.12. The van der Waals surface area contributed by atoms with E-state index in [4.69, 9.17) is 0 Å². The van der Waals surface area contributed by atoms with Crippen LogP contribution in [0.5, 0.6) is 0 Å². The molecule has 4 atom stereocenters. The van der Waals surface area contributed by atoms with E-state index in [-0.39, 0.29) is 0 Å². The molecule has 4 bridgehead atoms. The van der Waals surface area contributed by atoms with Gasteiger partial charge in [-0.15, -0.1) is 0 Å². The fourth-order valence-electron chi connectivity index (χ4n) is 7.12. The minimum Gasteiger partial charge on any atom is -0.0626 e. The monoisotopic (exact) mass is 258 g/mol. The molecule has 5 aliphatic rings. The van der Waals surface area contributed by atoms with Gasteiger partial charge in [0.25, 0.3) is 0 Å². The molecule has 0 aromatic rings. The van der Waals surface area contributed by atoms with E-state index in [2.05, 4.69) is 20.8 Å². The Hall–Kier alpha value is 0.0649. The van der Waals surface area contributed by atoms with Crippen LogP contribution < -0.4 is 0 Å². The zero-order valence-electron chi connectivity index (χ0n) is 13.2. The second-order valence-corrected chi connectivity index (χ2v) is 9.08. The molecule has 1 heteroatoms. The third-order valence-electron chi connectivity index (χ3n) is 8.30. The summed E-state index contributed by atoms with van der Waals surface area (Å²) in [4.78, 5) is 0. The SMILES string of the molecule is CC1C(B2C3CCCC2CCC3)CC2C[C@@H]1C2(C)C. The van der Waals surface area contributed by atoms with Crippen molar-refractivity contribution in [2.45, 2.75) is 89.6 Å². The smallest absolute Gasteiger partial charge is 0.0626 e. The predicted octanol–water partition coefficient (Wildman–Crippen LogP) is 5.66. The molecule has 0 spiro atoms. The molecule has 0 N–H and O–H groups in total. The van der Waals surface area contributed by atoms with Gasteiger partial charge in [0.1, 0.15) is 6.71 Å². The van der Waals surface area contributed by atoms with Gasteiger partial charge in [-0.2, -0.15) is 0 Å². The predicted molar refractivity (Wildman–Crippen MR) is 83.9 cm³/mol. The van der Waals surface area contributed by atoms with Crippen LogP contribution in [0.4, 0.5) is 0 Å². The maximum absolute atomic E-state index is 2.62. The molecule has 0 nitrogen and oxygen atoms in total. The van der Waals surface area contributed by atoms with Gasteiger partial charge in [0, 0.05) is 0 Å². The molecule has 3 saturated carbocycles. The molecular formula is C18H31B. The van der Waals surface area contributed by atoms with Crippen LogP contribution >= 0.6 is 0 Å². The molecule has 3 aliphatic carbocycles. The third kappa shape index (κ3) is 1.72. The zero-order valence-corrected chi connectivity index (χ0v) is 13.2. The van der Waals surface area contributed by atoms with E-state index in [0.29, 0.717) is 5.41 Å². The van der Waals surface area contributed by atoms with Gasteiger partial charge < -0.3 is 0 Å². The van der Waals surface area contributed by atoms with Gasteiger partial charge in [-0.25, -0.2) is 0 Å². The number of fused-ring (bicyclic) bond motifs is 5. The van der Waals surface area contributed by atoms with E-state index in [0.717, 1.165) is 41.9 Å². The van der Waals surface area contributed by atoms with Crippen molar-refractivity contribution in [2.24, 2.45) is 23.2 Å². The van der Waals surface area contributed by atoms with E-state index >= 15 is 0 Å². The molecule has 0 aromatic carbocycles. The molecule has 2 saturated heterocycles. The Morgan fingerprint density at radius 2 is 1.47 bits per heavy atom. The number of rotatable bonds is 1. The van der Waals surface area contributed by atoms with E-state index in [1.54, 1.807) is 51.4 Å². The van der Waals surface area contributed by atoms with Crippen molar-refractivity contribution >= 4 is 6.71 Å². The van der Waals surface area contributed by atoms with Crippen LogP contribution in [0.2, 0.25) is 17.5 Å². The summed E-state index contributed by atoms with van der Waals surface area (Å²) in [7, 11) is 0. The lowest BCUT2D eigenvalue weighted by Gasteiger charge is -2.64. The quantitative estimate of drug-likeness (QED) is 0.532. The van der Waals surface area contributed by atoms with Crippen LogP contribution in [-0.2, 0) is 0 Å². The molecule has 3 unspecified atom stereocenters. The number of hydrogen-bond donors (Lipinski definition) is 0. The Labute approximate surface area is 120 Å². The zero-order chi connectivity index (χ0) is 13.2. The van der Waals surface area contributed by atoms with Crippen molar-refractivity contribution in [3.63, 3.8) is 0 Å². The lowest BCUT2D eigenvalue weighted by molar-refractivity contribution is -0.0998. The van der Waals surface area contributed by atoms with Crippen LogP contribution in [0.15, 0.2) is 0 Å². The molecule has 0 aromatic heterocycles. The van der Waals surface area contributed by atoms with E-state index in [1.807, 2.05) is 0 Å². The first-order chi connectivity index (χ1) is 9.09. The maximum Gasteiger partial charge on any atom is 0.149 e. The van der Waals surface area contributed by atoms with Gasteiger partial charge in [-0.05, 0) is 29.6 Å². The van der Waals surface area contributed by atoms with Gasteiger partial charge in [-0.3, -0.25) is 0 Å². The number of hydrogen-bond acceptors (Lipinski definition) is 0. The highest BCUT2D eigenvalue weighted by Gasteiger charge is 2.59. The molecular weight excluding hydrogens is 227 g/mol. The summed E-state index contributed by atoms with van der Waals surface area (Å²) in [6.07, 6.45) is 12.5. The Morgan fingerprint density at radius 1 is 0.895 bits per heavy atom. The normalized spacial score (nSPS) is 51.6. The van der Waals surface area contributed by atoms with Crippen molar-refractivity contribution in [1.29, 1.82) is 0 Å². The highest BCUT2D eigenvalue weighted by atomic mass is 14.6. The van der Waals surface area contributed by atoms with Crippen LogP contribution in [-0.4, -0.2) is 6.71 Å². The van der Waals surface area contributed by atoms with Crippen LogP contribution in [0, 0.1) is 23.2 Å². The molecule has 2 heterocycles. The first-order valence-electron chi connectivity index (χ1n) is 9.09. The molecule has 2 aliphatic heterocycles. The average Bonchev–Trinajstić information content (AvgIpc) is 2.37. The summed E-state index contributed by atoms with van der Waals surface area (Å²) in [6, 6.07) is 0. The summed E-state index contributed by atoms with van der Waals surface area (Å²) in [5.41, 5.74) is 0.680. The maximum atomic E-state index is 2.62. The minimum absolute atomic E-state index is 0.680. The lowest BCUT2D eigenvalue weighted by Crippen LogP contribution is -2.57. The van der Waals surface area contributed by atoms with Crippen molar-refractivity contribution < 1.29 is 0 Å².